The molecule has 0 aromatic carbocycles. The van der Waals surface area contributed by atoms with E-state index < -0.39 is 0 Å². The molecule has 1 aliphatic rings. The van der Waals surface area contributed by atoms with Crippen LogP contribution in [0.4, 0.5) is 5.95 Å². The van der Waals surface area contributed by atoms with Gasteiger partial charge in [0.25, 0.3) is 0 Å². The van der Waals surface area contributed by atoms with E-state index in [-0.39, 0.29) is 5.97 Å². The molecule has 1 saturated heterocycles. The van der Waals surface area contributed by atoms with Gasteiger partial charge in [-0.2, -0.15) is 0 Å². The summed E-state index contributed by atoms with van der Waals surface area (Å²) in [6, 6.07) is 3.81. The lowest BCUT2D eigenvalue weighted by Gasteiger charge is -2.21. The lowest BCUT2D eigenvalue weighted by Crippen LogP contribution is -2.31. The van der Waals surface area contributed by atoms with E-state index in [2.05, 4.69) is 26.7 Å². The van der Waals surface area contributed by atoms with Gasteiger partial charge in [-0.05, 0) is 31.0 Å². The molecule has 0 saturated carbocycles. The van der Waals surface area contributed by atoms with Gasteiger partial charge in [0.15, 0.2) is 0 Å². The van der Waals surface area contributed by atoms with Gasteiger partial charge in [0, 0.05) is 50.0 Å². The van der Waals surface area contributed by atoms with Crippen LogP contribution in [0.1, 0.15) is 26.5 Å². The monoisotopic (exact) mass is 346 g/mol. The number of thiophene rings is 1. The maximum Gasteiger partial charge on any atom is 0.348 e. The highest BCUT2D eigenvalue weighted by Crippen LogP contribution is 2.24. The van der Waals surface area contributed by atoms with E-state index in [1.54, 1.807) is 12.4 Å². The molecule has 1 aliphatic heterocycles. The fraction of sp³-hybridized carbons (Fsp3) is 0.471. The standard InChI is InChI=1S/C17H22N4O2S/c1-13-14(11-15(24-13)16(22)23-2)12-20-7-4-8-21(10-9-20)17-18-5-3-6-19-17/h3,5-6,11H,4,7-10,12H2,1-2H3. The Kier molecular flexibility index (Phi) is 5.42. The zero-order chi connectivity index (χ0) is 16.9. The zero-order valence-electron chi connectivity index (χ0n) is 14.1. The lowest BCUT2D eigenvalue weighted by atomic mass is 10.2. The molecule has 0 spiro atoms. The van der Waals surface area contributed by atoms with Crippen molar-refractivity contribution >= 4 is 23.3 Å². The minimum Gasteiger partial charge on any atom is -0.465 e. The SMILES string of the molecule is COC(=O)c1cc(CN2CCCN(c3ncccn3)CC2)c(C)s1. The molecule has 128 valence electrons. The molecule has 7 heteroatoms. The van der Waals surface area contributed by atoms with Crippen molar-refractivity contribution in [1.29, 1.82) is 0 Å². The van der Waals surface area contributed by atoms with Crippen molar-refractivity contribution in [1.82, 2.24) is 14.9 Å². The number of ether oxygens (including phenoxy) is 1. The topological polar surface area (TPSA) is 58.6 Å². The predicted molar refractivity (Wildman–Crippen MR) is 94.5 cm³/mol. The third-order valence-electron chi connectivity index (χ3n) is 4.22. The number of rotatable bonds is 4. The maximum atomic E-state index is 11.7. The zero-order valence-corrected chi connectivity index (χ0v) is 14.9. The molecule has 24 heavy (non-hydrogen) atoms. The summed E-state index contributed by atoms with van der Waals surface area (Å²) in [6.45, 7) is 6.80. The molecule has 2 aromatic rings. The molecular weight excluding hydrogens is 324 g/mol. The summed E-state index contributed by atoms with van der Waals surface area (Å²) in [5.41, 5.74) is 1.21. The van der Waals surface area contributed by atoms with Gasteiger partial charge in [0.1, 0.15) is 4.88 Å². The van der Waals surface area contributed by atoms with Gasteiger partial charge in [0.05, 0.1) is 7.11 Å². The fourth-order valence-corrected chi connectivity index (χ4v) is 3.85. The quantitative estimate of drug-likeness (QED) is 0.792. The van der Waals surface area contributed by atoms with E-state index in [0.29, 0.717) is 4.88 Å². The average molecular weight is 346 g/mol. The van der Waals surface area contributed by atoms with Crippen molar-refractivity contribution in [3.05, 3.63) is 39.8 Å². The molecule has 0 radical (unpaired) electrons. The molecule has 6 nitrogen and oxygen atoms in total. The van der Waals surface area contributed by atoms with Crippen molar-refractivity contribution in [2.75, 3.05) is 38.2 Å². The van der Waals surface area contributed by atoms with Crippen molar-refractivity contribution in [2.45, 2.75) is 19.9 Å². The van der Waals surface area contributed by atoms with Gasteiger partial charge < -0.3 is 9.64 Å². The molecule has 2 aromatic heterocycles. The Balaban J connectivity index is 1.63. The van der Waals surface area contributed by atoms with Gasteiger partial charge >= 0.3 is 5.97 Å². The number of anilines is 1. The van der Waals surface area contributed by atoms with Crippen LogP contribution in [0.25, 0.3) is 0 Å². The van der Waals surface area contributed by atoms with Gasteiger partial charge in [-0.15, -0.1) is 11.3 Å². The average Bonchev–Trinajstić information content (AvgIpc) is 2.83. The molecule has 0 unspecified atom stereocenters. The number of hydrogen-bond donors (Lipinski definition) is 0. The highest BCUT2D eigenvalue weighted by Gasteiger charge is 2.19. The Morgan fingerprint density at radius 2 is 2.04 bits per heavy atom. The summed E-state index contributed by atoms with van der Waals surface area (Å²) in [5.74, 6) is 0.552. The first kappa shape index (κ1) is 16.9. The Morgan fingerprint density at radius 3 is 2.79 bits per heavy atom. The van der Waals surface area contributed by atoms with Crippen LogP contribution in [0.5, 0.6) is 0 Å². The summed E-state index contributed by atoms with van der Waals surface area (Å²) < 4.78 is 4.81. The Morgan fingerprint density at radius 1 is 1.25 bits per heavy atom. The highest BCUT2D eigenvalue weighted by molar-refractivity contribution is 7.14. The van der Waals surface area contributed by atoms with Gasteiger partial charge in [-0.1, -0.05) is 0 Å². The smallest absolute Gasteiger partial charge is 0.348 e. The summed E-state index contributed by atoms with van der Waals surface area (Å²) in [7, 11) is 1.42. The van der Waals surface area contributed by atoms with E-state index in [9.17, 15) is 4.79 Å². The van der Waals surface area contributed by atoms with Crippen LogP contribution in [0.15, 0.2) is 24.5 Å². The highest BCUT2D eigenvalue weighted by atomic mass is 32.1. The van der Waals surface area contributed by atoms with Crippen LogP contribution in [-0.2, 0) is 11.3 Å². The third kappa shape index (κ3) is 3.91. The van der Waals surface area contributed by atoms with Gasteiger partial charge in [0.2, 0.25) is 5.95 Å². The van der Waals surface area contributed by atoms with E-state index in [4.69, 9.17) is 4.74 Å². The first-order valence-corrected chi connectivity index (χ1v) is 8.91. The van der Waals surface area contributed by atoms with E-state index in [0.717, 1.165) is 45.1 Å². The number of esters is 1. The van der Waals surface area contributed by atoms with Crippen molar-refractivity contribution in [3.63, 3.8) is 0 Å². The van der Waals surface area contributed by atoms with Crippen molar-refractivity contribution < 1.29 is 9.53 Å². The Labute approximate surface area is 146 Å². The fourth-order valence-electron chi connectivity index (χ4n) is 2.90. The Hall–Kier alpha value is -1.99. The molecule has 0 aliphatic carbocycles. The summed E-state index contributed by atoms with van der Waals surface area (Å²) in [6.07, 6.45) is 4.65. The van der Waals surface area contributed by atoms with Crippen LogP contribution in [-0.4, -0.2) is 54.1 Å². The second-order valence-corrected chi connectivity index (χ2v) is 7.11. The second kappa shape index (κ2) is 7.72. The first-order valence-electron chi connectivity index (χ1n) is 8.09. The van der Waals surface area contributed by atoms with Crippen LogP contribution < -0.4 is 4.90 Å². The number of hydrogen-bond acceptors (Lipinski definition) is 7. The Bertz CT molecular complexity index is 689. The molecule has 3 rings (SSSR count). The molecule has 3 heterocycles. The van der Waals surface area contributed by atoms with Gasteiger partial charge in [-0.3, -0.25) is 4.90 Å². The van der Waals surface area contributed by atoms with Gasteiger partial charge in [-0.25, -0.2) is 14.8 Å². The minimum atomic E-state index is -0.252. The van der Waals surface area contributed by atoms with Crippen molar-refractivity contribution in [2.24, 2.45) is 0 Å². The molecular formula is C17H22N4O2S. The number of aryl methyl sites for hydroxylation is 1. The largest absolute Gasteiger partial charge is 0.465 e. The lowest BCUT2D eigenvalue weighted by molar-refractivity contribution is 0.0606. The molecule has 0 amide bonds. The number of aromatic nitrogens is 2. The molecule has 0 N–H and O–H groups in total. The van der Waals surface area contributed by atoms with E-state index in [1.165, 1.54) is 28.9 Å². The number of nitrogens with zero attached hydrogens (tertiary/aromatic N) is 4. The number of carbonyl (C=O) groups excluding carboxylic acids is 1. The number of carbonyl (C=O) groups is 1. The first-order chi connectivity index (χ1) is 11.7. The molecule has 1 fully saturated rings. The van der Waals surface area contributed by atoms with Crippen LogP contribution in [0, 0.1) is 6.92 Å². The maximum absolute atomic E-state index is 11.7. The summed E-state index contributed by atoms with van der Waals surface area (Å²) >= 11 is 1.51. The molecule has 0 bridgehead atoms. The summed E-state index contributed by atoms with van der Waals surface area (Å²) in [4.78, 5) is 26.9. The van der Waals surface area contributed by atoms with Crippen molar-refractivity contribution in [3.8, 4) is 0 Å². The predicted octanol–water partition coefficient (Wildman–Crippen LogP) is 2.35. The van der Waals surface area contributed by atoms with Crippen LogP contribution in [0.2, 0.25) is 0 Å². The molecule has 0 atom stereocenters. The van der Waals surface area contributed by atoms with Crippen LogP contribution >= 0.6 is 11.3 Å². The number of methoxy groups -OCH3 is 1. The minimum absolute atomic E-state index is 0.252. The summed E-state index contributed by atoms with van der Waals surface area (Å²) in [5, 5.41) is 0. The third-order valence-corrected chi connectivity index (χ3v) is 5.30. The van der Waals surface area contributed by atoms with Crippen LogP contribution in [0.3, 0.4) is 0 Å². The van der Waals surface area contributed by atoms with E-state index >= 15 is 0 Å². The second-order valence-electron chi connectivity index (χ2n) is 5.85. The normalized spacial score (nSPS) is 16.0. The van der Waals surface area contributed by atoms with E-state index in [1.807, 2.05) is 12.1 Å².